The van der Waals surface area contributed by atoms with Gasteiger partial charge in [-0.25, -0.2) is 9.79 Å². The molecule has 0 radical (unpaired) electrons. The fourth-order valence-corrected chi connectivity index (χ4v) is 5.52. The van der Waals surface area contributed by atoms with Gasteiger partial charge in [-0.3, -0.25) is 9.36 Å². The van der Waals surface area contributed by atoms with Crippen LogP contribution in [0.1, 0.15) is 41.6 Å². The molecule has 4 aromatic rings. The molecular formula is C31H25N2O7S-. The number of carbonyl (C=O) groups is 2. The molecule has 0 fully saturated rings. The van der Waals surface area contributed by atoms with Crippen LogP contribution in [0.5, 0.6) is 5.75 Å². The molecule has 1 aliphatic rings. The highest BCUT2D eigenvalue weighted by Crippen LogP contribution is 2.31. The Balaban J connectivity index is 1.57. The third kappa shape index (κ3) is 5.55. The number of carbonyl (C=O) groups excluding carboxylic acids is 2. The first-order valence-electron chi connectivity index (χ1n) is 12.8. The van der Waals surface area contributed by atoms with Gasteiger partial charge in [0.25, 0.3) is 5.56 Å². The summed E-state index contributed by atoms with van der Waals surface area (Å²) in [5.74, 6) is -0.242. The van der Waals surface area contributed by atoms with Crippen LogP contribution < -0.4 is 24.7 Å². The Kier molecular flexibility index (Phi) is 7.84. The zero-order valence-corrected chi connectivity index (χ0v) is 23.1. The van der Waals surface area contributed by atoms with E-state index in [9.17, 15) is 19.5 Å². The highest BCUT2D eigenvalue weighted by atomic mass is 32.1. The zero-order valence-electron chi connectivity index (χ0n) is 22.3. The van der Waals surface area contributed by atoms with E-state index >= 15 is 0 Å². The number of carboxylic acids is 1. The minimum absolute atomic E-state index is 0.0626. The highest BCUT2D eigenvalue weighted by Gasteiger charge is 2.33. The fourth-order valence-electron chi connectivity index (χ4n) is 4.49. The number of benzene rings is 2. The van der Waals surface area contributed by atoms with Crippen molar-refractivity contribution in [1.82, 2.24) is 4.57 Å². The number of thiazole rings is 1. The van der Waals surface area contributed by atoms with Gasteiger partial charge in [-0.05, 0) is 49.2 Å². The fraction of sp³-hybridized carbons (Fsp3) is 0.161. The minimum Gasteiger partial charge on any atom is -0.545 e. The lowest BCUT2D eigenvalue weighted by atomic mass is 9.96. The van der Waals surface area contributed by atoms with E-state index in [1.165, 1.54) is 28.0 Å². The number of carboxylic acid groups (broad SMARTS) is 1. The Labute approximate surface area is 238 Å². The molecule has 0 amide bonds. The van der Waals surface area contributed by atoms with E-state index in [4.69, 9.17) is 13.9 Å². The van der Waals surface area contributed by atoms with Crippen molar-refractivity contribution in [2.24, 2.45) is 4.99 Å². The van der Waals surface area contributed by atoms with Crippen LogP contribution in [0.2, 0.25) is 0 Å². The Morgan fingerprint density at radius 1 is 1.12 bits per heavy atom. The second kappa shape index (κ2) is 11.6. The van der Waals surface area contributed by atoms with Crippen LogP contribution in [0, 0.1) is 0 Å². The normalized spacial score (nSPS) is 14.8. The van der Waals surface area contributed by atoms with Gasteiger partial charge in [-0.2, -0.15) is 0 Å². The summed E-state index contributed by atoms with van der Waals surface area (Å²) in [6.45, 7) is 7.63. The molecule has 0 saturated heterocycles. The molecule has 1 atom stereocenters. The number of fused-ring (bicyclic) bond motifs is 1. The molecule has 2 aromatic carbocycles. The maximum atomic E-state index is 13.8. The van der Waals surface area contributed by atoms with Crippen LogP contribution >= 0.6 is 11.3 Å². The maximum Gasteiger partial charge on any atom is 0.338 e. The lowest BCUT2D eigenvalue weighted by Crippen LogP contribution is -2.39. The molecule has 2 aromatic heterocycles. The molecule has 0 bridgehead atoms. The summed E-state index contributed by atoms with van der Waals surface area (Å²) >= 11 is 1.18. The van der Waals surface area contributed by atoms with Crippen LogP contribution in [-0.2, 0) is 9.53 Å². The number of aromatic nitrogens is 1. The zero-order chi connectivity index (χ0) is 29.1. The third-order valence-corrected chi connectivity index (χ3v) is 7.37. The summed E-state index contributed by atoms with van der Waals surface area (Å²) in [4.78, 5) is 42.9. The van der Waals surface area contributed by atoms with Crippen LogP contribution in [0.4, 0.5) is 0 Å². The van der Waals surface area contributed by atoms with Crippen molar-refractivity contribution in [3.63, 3.8) is 0 Å². The first-order valence-corrected chi connectivity index (χ1v) is 13.6. The number of hydrogen-bond acceptors (Lipinski definition) is 9. The number of allylic oxidation sites excluding steroid dienone is 1. The number of aromatic carboxylic acids is 1. The summed E-state index contributed by atoms with van der Waals surface area (Å²) in [5, 5.41) is 11.0. The predicted octanol–water partition coefficient (Wildman–Crippen LogP) is 2.99. The standard InChI is InChI=1S/C31H26N2O7S/c1-4-16-39-22-12-10-20(11-13-22)27-26(30(37)38-5-2)18(3)32-31-33(27)28(34)25(41-31)17-23-14-15-24(40-23)19-6-8-21(9-7-19)29(35)36/h4,6-15,17,27H,1,5,16H2,2-3H3,(H,35,36)/p-1/b25-17-/t27-/m1/s1. The third-order valence-electron chi connectivity index (χ3n) is 6.39. The van der Waals surface area contributed by atoms with Crippen molar-refractivity contribution >= 4 is 29.4 Å². The Morgan fingerprint density at radius 2 is 1.85 bits per heavy atom. The van der Waals surface area contributed by atoms with Crippen molar-refractivity contribution in [2.45, 2.75) is 19.9 Å². The first-order chi connectivity index (χ1) is 19.8. The predicted molar refractivity (Wildman–Crippen MR) is 151 cm³/mol. The highest BCUT2D eigenvalue weighted by molar-refractivity contribution is 7.07. The molecule has 208 valence electrons. The summed E-state index contributed by atoms with van der Waals surface area (Å²) in [7, 11) is 0. The van der Waals surface area contributed by atoms with Crippen LogP contribution in [0.25, 0.3) is 17.4 Å². The topological polar surface area (TPSA) is 123 Å². The molecule has 41 heavy (non-hydrogen) atoms. The Bertz CT molecular complexity index is 1840. The number of ether oxygens (including phenoxy) is 2. The summed E-state index contributed by atoms with van der Waals surface area (Å²) in [6, 6.07) is 16.0. The van der Waals surface area contributed by atoms with Gasteiger partial charge in [0, 0.05) is 11.6 Å². The molecule has 0 aliphatic carbocycles. The van der Waals surface area contributed by atoms with Gasteiger partial charge in [0.05, 0.1) is 34.4 Å². The van der Waals surface area contributed by atoms with E-state index in [2.05, 4.69) is 11.6 Å². The van der Waals surface area contributed by atoms with Gasteiger partial charge in [-0.15, -0.1) is 0 Å². The molecule has 0 spiro atoms. The molecule has 0 unspecified atom stereocenters. The van der Waals surface area contributed by atoms with E-state index in [0.717, 1.165) is 0 Å². The summed E-state index contributed by atoms with van der Waals surface area (Å²) in [6.07, 6.45) is 3.26. The van der Waals surface area contributed by atoms with E-state index in [0.29, 0.717) is 50.0 Å². The Morgan fingerprint density at radius 3 is 2.51 bits per heavy atom. The second-order valence-corrected chi connectivity index (χ2v) is 10.0. The van der Waals surface area contributed by atoms with Gasteiger partial charge in [0.15, 0.2) is 4.80 Å². The van der Waals surface area contributed by atoms with Crippen LogP contribution in [0.3, 0.4) is 0 Å². The van der Waals surface area contributed by atoms with E-state index in [-0.39, 0.29) is 23.3 Å². The van der Waals surface area contributed by atoms with E-state index in [1.54, 1.807) is 62.4 Å². The van der Waals surface area contributed by atoms with Crippen molar-refractivity contribution in [2.75, 3.05) is 13.2 Å². The second-order valence-electron chi connectivity index (χ2n) is 9.04. The lowest BCUT2D eigenvalue weighted by Gasteiger charge is -2.24. The van der Waals surface area contributed by atoms with Gasteiger partial charge < -0.3 is 23.8 Å². The lowest BCUT2D eigenvalue weighted by molar-refractivity contribution is -0.255. The Hall–Kier alpha value is -4.96. The number of furan rings is 1. The number of nitrogens with zero attached hydrogens (tertiary/aromatic N) is 2. The summed E-state index contributed by atoms with van der Waals surface area (Å²) < 4.78 is 18.7. The quantitative estimate of drug-likeness (QED) is 0.224. The number of hydrogen-bond donors (Lipinski definition) is 0. The molecular weight excluding hydrogens is 544 g/mol. The summed E-state index contributed by atoms with van der Waals surface area (Å²) in [5.41, 5.74) is 1.84. The monoisotopic (exact) mass is 569 g/mol. The molecule has 1 aliphatic heterocycles. The molecule has 5 rings (SSSR count). The average molecular weight is 570 g/mol. The molecule has 9 nitrogen and oxygen atoms in total. The smallest absolute Gasteiger partial charge is 0.338 e. The van der Waals surface area contributed by atoms with Gasteiger partial charge >= 0.3 is 5.97 Å². The molecule has 10 heteroatoms. The first kappa shape index (κ1) is 27.6. The SMILES string of the molecule is C=CCOc1ccc([C@@H]2C(C(=O)OCC)=C(C)N=c3s/c(=C\c4ccc(-c5ccc(C(=O)[O-])cc5)o4)c(=O)n32)cc1. The van der Waals surface area contributed by atoms with Crippen molar-refractivity contribution in [3.8, 4) is 17.1 Å². The number of esters is 1. The molecule has 3 heterocycles. The molecule has 0 N–H and O–H groups in total. The van der Waals surface area contributed by atoms with Crippen molar-refractivity contribution in [1.29, 1.82) is 0 Å². The van der Waals surface area contributed by atoms with E-state index < -0.39 is 18.0 Å². The average Bonchev–Trinajstić information content (AvgIpc) is 3.55. The minimum atomic E-state index is -1.26. The van der Waals surface area contributed by atoms with Crippen molar-refractivity contribution in [3.05, 3.63) is 121 Å². The number of rotatable bonds is 9. The van der Waals surface area contributed by atoms with Crippen LogP contribution in [0.15, 0.2) is 98.8 Å². The van der Waals surface area contributed by atoms with Gasteiger partial charge in [0.1, 0.15) is 23.9 Å². The van der Waals surface area contributed by atoms with Crippen molar-refractivity contribution < 1.29 is 28.6 Å². The van der Waals surface area contributed by atoms with Crippen LogP contribution in [-0.4, -0.2) is 29.7 Å². The van der Waals surface area contributed by atoms with E-state index in [1.807, 2.05) is 12.1 Å². The maximum absolute atomic E-state index is 13.8. The molecule has 0 saturated carbocycles. The van der Waals surface area contributed by atoms with Gasteiger partial charge in [0.2, 0.25) is 0 Å². The van der Waals surface area contributed by atoms with Gasteiger partial charge in [-0.1, -0.05) is 60.4 Å². The largest absolute Gasteiger partial charge is 0.545 e.